The highest BCUT2D eigenvalue weighted by molar-refractivity contribution is 5.96. The lowest BCUT2D eigenvalue weighted by atomic mass is 10.1. The van der Waals surface area contributed by atoms with E-state index in [1.54, 1.807) is 0 Å². The first-order chi connectivity index (χ1) is 17.7. The van der Waals surface area contributed by atoms with Gasteiger partial charge in [-0.05, 0) is 48.7 Å². The van der Waals surface area contributed by atoms with Crippen LogP contribution in [0, 0.1) is 11.3 Å². The monoisotopic (exact) mass is 481 g/mol. The number of ether oxygens (including phenoxy) is 3. The highest BCUT2D eigenvalue weighted by atomic mass is 16.5. The number of benzene rings is 3. The van der Waals surface area contributed by atoms with Gasteiger partial charge in [-0.3, -0.25) is 5.32 Å². The molecule has 1 N–H and O–H groups in total. The lowest BCUT2D eigenvalue weighted by Gasteiger charge is -2.18. The van der Waals surface area contributed by atoms with Crippen molar-refractivity contribution in [1.82, 2.24) is 4.57 Å². The number of nitrogens with one attached hydrogen (secondary N) is 1. The molecule has 5 rings (SSSR count). The van der Waals surface area contributed by atoms with E-state index in [1.165, 1.54) is 0 Å². The molecule has 7 heteroatoms. The summed E-state index contributed by atoms with van der Waals surface area (Å²) in [5, 5.41) is 13.8. The van der Waals surface area contributed by atoms with Crippen LogP contribution in [0.25, 0.3) is 22.2 Å². The Bertz CT molecular complexity index is 1400. The average Bonchev–Trinajstić information content (AvgIpc) is 3.54. The van der Waals surface area contributed by atoms with Gasteiger partial charge in [0.05, 0.1) is 36.0 Å². The molecular weight excluding hydrogens is 454 g/mol. The van der Waals surface area contributed by atoms with Crippen molar-refractivity contribution in [2.45, 2.75) is 26.0 Å². The van der Waals surface area contributed by atoms with E-state index in [-0.39, 0.29) is 12.6 Å². The smallest absolute Gasteiger partial charge is 0.411 e. The van der Waals surface area contributed by atoms with Crippen LogP contribution >= 0.6 is 0 Å². The van der Waals surface area contributed by atoms with E-state index in [4.69, 9.17) is 14.2 Å². The van der Waals surface area contributed by atoms with Crippen molar-refractivity contribution in [1.29, 1.82) is 5.26 Å². The zero-order valence-electron chi connectivity index (χ0n) is 20.1. The van der Waals surface area contributed by atoms with E-state index in [9.17, 15) is 10.1 Å². The van der Waals surface area contributed by atoms with Gasteiger partial charge in [-0.15, -0.1) is 0 Å². The van der Waals surface area contributed by atoms with E-state index in [0.29, 0.717) is 31.1 Å². The topological polar surface area (TPSA) is 85.5 Å². The van der Waals surface area contributed by atoms with Crippen LogP contribution in [0.2, 0.25) is 0 Å². The summed E-state index contributed by atoms with van der Waals surface area (Å²) in [6.07, 6.45) is 0.345. The summed E-state index contributed by atoms with van der Waals surface area (Å²) in [5.74, 6) is 0.771. The Morgan fingerprint density at radius 1 is 1.14 bits per heavy atom. The van der Waals surface area contributed by atoms with Gasteiger partial charge in [-0.25, -0.2) is 4.79 Å². The van der Waals surface area contributed by atoms with Crippen molar-refractivity contribution < 1.29 is 19.0 Å². The van der Waals surface area contributed by atoms with Crippen LogP contribution in [0.1, 0.15) is 30.5 Å². The number of carbonyl (C=O) groups is 1. The molecule has 2 heterocycles. The maximum atomic E-state index is 12.3. The molecule has 1 fully saturated rings. The number of hydrogen-bond acceptors (Lipinski definition) is 5. The second-order valence-electron chi connectivity index (χ2n) is 8.60. The minimum Gasteiger partial charge on any atom is -0.494 e. The number of carbonyl (C=O) groups excluding carboxylic acids is 1. The molecule has 36 heavy (non-hydrogen) atoms. The van der Waals surface area contributed by atoms with E-state index in [1.807, 2.05) is 79.7 Å². The van der Waals surface area contributed by atoms with Crippen LogP contribution in [0.3, 0.4) is 0 Å². The van der Waals surface area contributed by atoms with Crippen molar-refractivity contribution in [3.05, 3.63) is 83.9 Å². The summed E-state index contributed by atoms with van der Waals surface area (Å²) < 4.78 is 19.0. The number of nitrogens with zero attached hydrogens (tertiary/aromatic N) is 2. The molecule has 1 amide bonds. The van der Waals surface area contributed by atoms with Gasteiger partial charge in [0.15, 0.2) is 0 Å². The molecular formula is C29H27N3O4. The van der Waals surface area contributed by atoms with Crippen LogP contribution < -0.4 is 10.1 Å². The molecule has 1 aliphatic rings. The molecule has 182 valence electrons. The predicted molar refractivity (Wildman–Crippen MR) is 138 cm³/mol. The van der Waals surface area contributed by atoms with Crippen LogP contribution in [-0.4, -0.2) is 30.5 Å². The number of amides is 1. The van der Waals surface area contributed by atoms with Crippen molar-refractivity contribution in [3.63, 3.8) is 0 Å². The number of hydrogen-bond donors (Lipinski definition) is 1. The van der Waals surface area contributed by atoms with Crippen LogP contribution in [0.5, 0.6) is 5.75 Å². The van der Waals surface area contributed by atoms with Gasteiger partial charge in [0, 0.05) is 23.7 Å². The third-order valence-electron chi connectivity index (χ3n) is 6.29. The van der Waals surface area contributed by atoms with Gasteiger partial charge in [0.1, 0.15) is 18.4 Å². The van der Waals surface area contributed by atoms with Crippen molar-refractivity contribution in [2.24, 2.45) is 0 Å². The van der Waals surface area contributed by atoms with E-state index in [0.717, 1.165) is 39.9 Å². The van der Waals surface area contributed by atoms with Gasteiger partial charge in [-0.2, -0.15) is 5.26 Å². The van der Waals surface area contributed by atoms with E-state index in [2.05, 4.69) is 16.0 Å². The Morgan fingerprint density at radius 2 is 1.94 bits per heavy atom. The standard InChI is InChI=1S/C29H27N3O4/c1-2-35-24-12-13-25-26(17-30)28(32(27(25)16-24)23-14-15-34-19-23)21-8-10-22(11-9-21)31-29(33)36-18-20-6-4-3-5-7-20/h3-13,16,23H,2,14-15,18-19H2,1H3,(H,31,33). The number of aromatic nitrogens is 1. The first-order valence-corrected chi connectivity index (χ1v) is 12.0. The molecule has 0 radical (unpaired) electrons. The van der Waals surface area contributed by atoms with Crippen LogP contribution in [-0.2, 0) is 16.1 Å². The number of rotatable bonds is 7. The number of anilines is 1. The molecule has 1 saturated heterocycles. The molecule has 0 bridgehead atoms. The Labute approximate surface area is 209 Å². The maximum absolute atomic E-state index is 12.3. The molecule has 0 spiro atoms. The lowest BCUT2D eigenvalue weighted by molar-refractivity contribution is 0.155. The third-order valence-corrected chi connectivity index (χ3v) is 6.29. The van der Waals surface area contributed by atoms with Crippen LogP contribution in [0.15, 0.2) is 72.8 Å². The molecule has 3 aromatic carbocycles. The maximum Gasteiger partial charge on any atom is 0.411 e. The fraction of sp³-hybridized carbons (Fsp3) is 0.241. The number of fused-ring (bicyclic) bond motifs is 1. The fourth-order valence-electron chi connectivity index (χ4n) is 4.64. The highest BCUT2D eigenvalue weighted by Crippen LogP contribution is 2.39. The van der Waals surface area contributed by atoms with Gasteiger partial charge in [0.25, 0.3) is 0 Å². The van der Waals surface area contributed by atoms with Gasteiger partial charge in [-0.1, -0.05) is 42.5 Å². The van der Waals surface area contributed by atoms with Crippen molar-refractivity contribution in [2.75, 3.05) is 25.1 Å². The summed E-state index contributed by atoms with van der Waals surface area (Å²) in [6.45, 7) is 3.99. The van der Waals surface area contributed by atoms with Gasteiger partial charge < -0.3 is 18.8 Å². The quantitative estimate of drug-likeness (QED) is 0.335. The molecule has 0 aliphatic carbocycles. The van der Waals surface area contributed by atoms with Crippen molar-refractivity contribution >= 4 is 22.7 Å². The Morgan fingerprint density at radius 3 is 2.64 bits per heavy atom. The summed E-state index contributed by atoms with van der Waals surface area (Å²) >= 11 is 0. The van der Waals surface area contributed by atoms with Gasteiger partial charge >= 0.3 is 6.09 Å². The first kappa shape index (κ1) is 23.5. The first-order valence-electron chi connectivity index (χ1n) is 12.0. The average molecular weight is 482 g/mol. The SMILES string of the molecule is CCOc1ccc2c(C#N)c(-c3ccc(NC(=O)OCc4ccccc4)cc3)n(C3CCOC3)c2c1. The Balaban J connectivity index is 1.44. The molecule has 1 atom stereocenters. The molecule has 0 saturated carbocycles. The Kier molecular flexibility index (Phi) is 6.87. The largest absolute Gasteiger partial charge is 0.494 e. The summed E-state index contributed by atoms with van der Waals surface area (Å²) in [4.78, 5) is 12.3. The molecule has 1 aromatic heterocycles. The zero-order valence-corrected chi connectivity index (χ0v) is 20.1. The molecule has 1 unspecified atom stereocenters. The summed E-state index contributed by atoms with van der Waals surface area (Å²) in [6, 6.07) is 25.4. The highest BCUT2D eigenvalue weighted by Gasteiger charge is 2.27. The molecule has 1 aliphatic heterocycles. The third kappa shape index (κ3) is 4.77. The number of nitriles is 1. The second kappa shape index (κ2) is 10.5. The fourth-order valence-corrected chi connectivity index (χ4v) is 4.64. The van der Waals surface area contributed by atoms with Gasteiger partial charge in [0.2, 0.25) is 0 Å². The normalized spacial score (nSPS) is 14.9. The van der Waals surface area contributed by atoms with E-state index >= 15 is 0 Å². The van der Waals surface area contributed by atoms with E-state index < -0.39 is 6.09 Å². The zero-order chi connectivity index (χ0) is 24.9. The summed E-state index contributed by atoms with van der Waals surface area (Å²) in [5.41, 5.74) is 4.83. The minimum atomic E-state index is -0.523. The second-order valence-corrected chi connectivity index (χ2v) is 8.60. The minimum absolute atomic E-state index is 0.118. The lowest BCUT2D eigenvalue weighted by Crippen LogP contribution is -2.13. The molecule has 7 nitrogen and oxygen atoms in total. The predicted octanol–water partition coefficient (Wildman–Crippen LogP) is 6.29. The molecule has 4 aromatic rings. The Hall–Kier alpha value is -4.28. The van der Waals surface area contributed by atoms with Crippen molar-refractivity contribution in [3.8, 4) is 23.1 Å². The van der Waals surface area contributed by atoms with Crippen LogP contribution in [0.4, 0.5) is 10.5 Å². The summed E-state index contributed by atoms with van der Waals surface area (Å²) in [7, 11) is 0.